The van der Waals surface area contributed by atoms with Crippen LogP contribution in [-0.2, 0) is 6.42 Å². The Morgan fingerprint density at radius 3 is 2.30 bits per heavy atom. The van der Waals surface area contributed by atoms with Crippen LogP contribution in [0.15, 0.2) is 60.7 Å². The van der Waals surface area contributed by atoms with Crippen LogP contribution in [0.2, 0.25) is 0 Å². The molecule has 0 aliphatic carbocycles. The Bertz CT molecular complexity index is 572. The molecule has 4 heteroatoms. The minimum atomic E-state index is -0.194. The van der Waals surface area contributed by atoms with Gasteiger partial charge in [0.2, 0.25) is 0 Å². The molecule has 3 N–H and O–H groups in total. The summed E-state index contributed by atoms with van der Waals surface area (Å²) < 4.78 is 0. The number of aliphatic hydroxyl groups is 1. The third-order valence-electron chi connectivity index (χ3n) is 3.70. The van der Waals surface area contributed by atoms with Gasteiger partial charge in [0.25, 0.3) is 0 Å². The third kappa shape index (κ3) is 6.12. The van der Waals surface area contributed by atoms with E-state index in [4.69, 9.17) is 0 Å². The lowest BCUT2D eigenvalue weighted by Gasteiger charge is -2.18. The minimum Gasteiger partial charge on any atom is -0.396 e. The van der Waals surface area contributed by atoms with Crippen LogP contribution in [0, 0.1) is 0 Å². The number of urea groups is 1. The summed E-state index contributed by atoms with van der Waals surface area (Å²) in [6, 6.07) is 19.6. The largest absolute Gasteiger partial charge is 0.396 e. The first-order chi connectivity index (χ1) is 11.3. The fraction of sp³-hybridized carbons (Fsp3) is 0.316. The van der Waals surface area contributed by atoms with Gasteiger partial charge in [-0.1, -0.05) is 60.7 Å². The molecule has 0 aromatic heterocycles. The van der Waals surface area contributed by atoms with Crippen molar-refractivity contribution < 1.29 is 9.90 Å². The van der Waals surface area contributed by atoms with Crippen LogP contribution in [-0.4, -0.2) is 24.3 Å². The van der Waals surface area contributed by atoms with Crippen LogP contribution >= 0.6 is 0 Å². The maximum Gasteiger partial charge on any atom is 0.315 e. The Hall–Kier alpha value is -2.33. The first kappa shape index (κ1) is 17.0. The summed E-state index contributed by atoms with van der Waals surface area (Å²) in [6.45, 7) is 0.662. The summed E-state index contributed by atoms with van der Waals surface area (Å²) in [5.74, 6) is 0. The zero-order valence-corrected chi connectivity index (χ0v) is 13.2. The first-order valence-electron chi connectivity index (χ1n) is 8.03. The molecule has 2 aromatic rings. The summed E-state index contributed by atoms with van der Waals surface area (Å²) in [6.07, 6.45) is 2.34. The lowest BCUT2D eigenvalue weighted by molar-refractivity contribution is 0.229. The lowest BCUT2D eigenvalue weighted by atomic mass is 10.0. The molecule has 0 fully saturated rings. The lowest BCUT2D eigenvalue weighted by Crippen LogP contribution is -2.38. The average Bonchev–Trinajstić information content (AvgIpc) is 2.60. The van der Waals surface area contributed by atoms with Crippen molar-refractivity contribution in [1.29, 1.82) is 0 Å². The van der Waals surface area contributed by atoms with Crippen molar-refractivity contribution >= 4 is 6.03 Å². The summed E-state index contributed by atoms with van der Waals surface area (Å²) >= 11 is 0. The van der Waals surface area contributed by atoms with E-state index < -0.39 is 0 Å². The topological polar surface area (TPSA) is 61.4 Å². The molecule has 23 heavy (non-hydrogen) atoms. The van der Waals surface area contributed by atoms with Gasteiger partial charge in [-0.25, -0.2) is 4.79 Å². The molecule has 0 saturated heterocycles. The van der Waals surface area contributed by atoms with Gasteiger partial charge in [0.15, 0.2) is 0 Å². The molecule has 1 atom stereocenters. The Balaban J connectivity index is 1.74. The van der Waals surface area contributed by atoms with Crippen molar-refractivity contribution in [1.82, 2.24) is 10.6 Å². The predicted octanol–water partition coefficient (Wildman–Crippen LogP) is 3.04. The molecule has 0 aliphatic rings. The standard InChI is InChI=1S/C19H24N2O2/c22-15-13-18(17-11-5-2-6-12-17)21-19(23)20-14-7-10-16-8-3-1-4-9-16/h1-6,8-9,11-12,18,22H,7,10,13-15H2,(H2,20,21,23)/t18-/m1/s1. The van der Waals surface area contributed by atoms with Crippen LogP contribution in [0.1, 0.15) is 30.0 Å². The number of carbonyl (C=O) groups excluding carboxylic acids is 1. The van der Waals surface area contributed by atoms with Gasteiger partial charge in [-0.05, 0) is 30.4 Å². The Kier molecular flexibility index (Phi) is 7.14. The molecule has 0 bridgehead atoms. The summed E-state index contributed by atoms with van der Waals surface area (Å²) in [5, 5.41) is 15.0. The van der Waals surface area contributed by atoms with E-state index in [0.717, 1.165) is 18.4 Å². The highest BCUT2D eigenvalue weighted by Crippen LogP contribution is 2.15. The molecule has 0 heterocycles. The van der Waals surface area contributed by atoms with Crippen molar-refractivity contribution in [3.63, 3.8) is 0 Å². The van der Waals surface area contributed by atoms with Crippen LogP contribution in [0.4, 0.5) is 4.79 Å². The van der Waals surface area contributed by atoms with Gasteiger partial charge in [-0.2, -0.15) is 0 Å². The number of benzene rings is 2. The number of amides is 2. The van der Waals surface area contributed by atoms with Crippen molar-refractivity contribution in [2.45, 2.75) is 25.3 Å². The maximum absolute atomic E-state index is 12.0. The SMILES string of the molecule is O=C(NCCCc1ccccc1)N[C@H](CCO)c1ccccc1. The molecule has 2 amide bonds. The Morgan fingerprint density at radius 1 is 1.00 bits per heavy atom. The number of nitrogens with one attached hydrogen (secondary N) is 2. The maximum atomic E-state index is 12.0. The van der Waals surface area contributed by atoms with E-state index in [0.29, 0.717) is 13.0 Å². The molecule has 4 nitrogen and oxygen atoms in total. The van der Waals surface area contributed by atoms with Gasteiger partial charge in [0.1, 0.15) is 0 Å². The quantitative estimate of drug-likeness (QED) is 0.656. The van der Waals surface area contributed by atoms with Crippen LogP contribution in [0.25, 0.3) is 0 Å². The van der Waals surface area contributed by atoms with Gasteiger partial charge >= 0.3 is 6.03 Å². The Morgan fingerprint density at radius 2 is 1.65 bits per heavy atom. The molecule has 0 unspecified atom stereocenters. The monoisotopic (exact) mass is 312 g/mol. The van der Waals surface area contributed by atoms with Crippen molar-refractivity contribution in [3.8, 4) is 0 Å². The highest BCUT2D eigenvalue weighted by molar-refractivity contribution is 5.74. The number of rotatable bonds is 8. The summed E-state index contributed by atoms with van der Waals surface area (Å²) in [5.41, 5.74) is 2.28. The molecular weight excluding hydrogens is 288 g/mol. The number of carbonyl (C=O) groups is 1. The van der Waals surface area contributed by atoms with Gasteiger partial charge in [0, 0.05) is 13.2 Å². The van der Waals surface area contributed by atoms with E-state index in [9.17, 15) is 9.90 Å². The Labute approximate surface area is 137 Å². The van der Waals surface area contributed by atoms with Gasteiger partial charge in [-0.3, -0.25) is 0 Å². The van der Waals surface area contributed by atoms with Crippen molar-refractivity contribution in [3.05, 3.63) is 71.8 Å². The average molecular weight is 312 g/mol. The van der Waals surface area contributed by atoms with Crippen LogP contribution in [0.5, 0.6) is 0 Å². The van der Waals surface area contributed by atoms with Gasteiger partial charge in [-0.15, -0.1) is 0 Å². The first-order valence-corrected chi connectivity index (χ1v) is 8.03. The molecule has 122 valence electrons. The van der Waals surface area contributed by atoms with Gasteiger partial charge < -0.3 is 15.7 Å². The van der Waals surface area contributed by atoms with E-state index >= 15 is 0 Å². The fourth-order valence-electron chi connectivity index (χ4n) is 2.48. The molecule has 0 radical (unpaired) electrons. The molecule has 2 rings (SSSR count). The fourth-order valence-corrected chi connectivity index (χ4v) is 2.48. The van der Waals surface area contributed by atoms with E-state index in [1.54, 1.807) is 0 Å². The zero-order valence-electron chi connectivity index (χ0n) is 13.2. The number of hydrogen-bond donors (Lipinski definition) is 3. The molecular formula is C19H24N2O2. The second-order valence-electron chi connectivity index (χ2n) is 5.46. The van der Waals surface area contributed by atoms with Crippen molar-refractivity contribution in [2.75, 3.05) is 13.2 Å². The number of aryl methyl sites for hydroxylation is 1. The number of hydrogen-bond acceptors (Lipinski definition) is 2. The molecule has 0 aliphatic heterocycles. The van der Waals surface area contributed by atoms with E-state index in [-0.39, 0.29) is 18.7 Å². The van der Waals surface area contributed by atoms with E-state index in [2.05, 4.69) is 22.8 Å². The van der Waals surface area contributed by atoms with Crippen LogP contribution in [0.3, 0.4) is 0 Å². The van der Waals surface area contributed by atoms with E-state index in [1.807, 2.05) is 48.5 Å². The summed E-state index contributed by atoms with van der Waals surface area (Å²) in [4.78, 5) is 12.0. The number of aliphatic hydroxyl groups excluding tert-OH is 1. The second kappa shape index (κ2) is 9.64. The summed E-state index contributed by atoms with van der Waals surface area (Å²) in [7, 11) is 0. The molecule has 2 aromatic carbocycles. The van der Waals surface area contributed by atoms with Crippen LogP contribution < -0.4 is 10.6 Å². The molecule has 0 spiro atoms. The second-order valence-corrected chi connectivity index (χ2v) is 5.46. The third-order valence-corrected chi connectivity index (χ3v) is 3.70. The predicted molar refractivity (Wildman–Crippen MR) is 92.2 cm³/mol. The highest BCUT2D eigenvalue weighted by atomic mass is 16.3. The minimum absolute atomic E-state index is 0.0356. The smallest absolute Gasteiger partial charge is 0.315 e. The normalized spacial score (nSPS) is 11.7. The van der Waals surface area contributed by atoms with Gasteiger partial charge in [0.05, 0.1) is 6.04 Å². The molecule has 0 saturated carbocycles. The van der Waals surface area contributed by atoms with Crippen molar-refractivity contribution in [2.24, 2.45) is 0 Å². The van der Waals surface area contributed by atoms with E-state index in [1.165, 1.54) is 5.56 Å². The highest BCUT2D eigenvalue weighted by Gasteiger charge is 2.13. The zero-order chi connectivity index (χ0) is 16.3.